The van der Waals surface area contributed by atoms with E-state index in [0.717, 1.165) is 12.1 Å². The minimum absolute atomic E-state index is 0.154. The molecule has 0 atom stereocenters. The predicted octanol–water partition coefficient (Wildman–Crippen LogP) is 0.321. The van der Waals surface area contributed by atoms with Gasteiger partial charge in [-0.05, 0) is 11.6 Å². The Morgan fingerprint density at radius 2 is 2.06 bits per heavy atom. The van der Waals surface area contributed by atoms with Gasteiger partial charge >= 0.3 is 5.97 Å². The lowest BCUT2D eigenvalue weighted by molar-refractivity contribution is -0.385. The molecule has 0 bridgehead atoms. The van der Waals surface area contributed by atoms with E-state index < -0.39 is 28.1 Å². The summed E-state index contributed by atoms with van der Waals surface area (Å²) in [7, 11) is 0. The van der Waals surface area contributed by atoms with E-state index in [-0.39, 0.29) is 6.42 Å². The van der Waals surface area contributed by atoms with Gasteiger partial charge in [0.15, 0.2) is 0 Å². The van der Waals surface area contributed by atoms with E-state index in [1.807, 2.05) is 0 Å². The maximum absolute atomic E-state index is 10.7. The Labute approximate surface area is 89.6 Å². The molecule has 1 aromatic carbocycles. The number of carbonyl (C=O) groups is 2. The van der Waals surface area contributed by atoms with Crippen LogP contribution in [0.4, 0.5) is 5.69 Å². The maximum Gasteiger partial charge on any atom is 0.342 e. The molecule has 16 heavy (non-hydrogen) atoms. The molecule has 0 spiro atoms. The molecular weight excluding hydrogens is 216 g/mol. The summed E-state index contributed by atoms with van der Waals surface area (Å²) >= 11 is 0. The first-order chi connectivity index (χ1) is 7.41. The molecule has 0 aliphatic carbocycles. The Balaban J connectivity index is 3.22. The lowest BCUT2D eigenvalue weighted by Gasteiger charge is -2.01. The Kier molecular flexibility index (Phi) is 3.19. The molecule has 0 unspecified atom stereocenters. The monoisotopic (exact) mass is 224 g/mol. The summed E-state index contributed by atoms with van der Waals surface area (Å²) in [5.41, 5.74) is 4.29. The third-order valence-electron chi connectivity index (χ3n) is 1.87. The highest BCUT2D eigenvalue weighted by atomic mass is 16.6. The number of nitrogens with zero attached hydrogens (tertiary/aromatic N) is 1. The molecule has 84 valence electrons. The van der Waals surface area contributed by atoms with Gasteiger partial charge in [-0.2, -0.15) is 0 Å². The number of hydrogen-bond acceptors (Lipinski definition) is 4. The Bertz CT molecular complexity index is 469. The van der Waals surface area contributed by atoms with Gasteiger partial charge < -0.3 is 10.8 Å². The first kappa shape index (κ1) is 11.6. The van der Waals surface area contributed by atoms with Gasteiger partial charge in [-0.3, -0.25) is 14.9 Å². The van der Waals surface area contributed by atoms with Gasteiger partial charge in [0.2, 0.25) is 5.91 Å². The van der Waals surface area contributed by atoms with Gasteiger partial charge in [0.05, 0.1) is 11.3 Å². The van der Waals surface area contributed by atoms with Crippen molar-refractivity contribution in [3.8, 4) is 0 Å². The third-order valence-corrected chi connectivity index (χ3v) is 1.87. The van der Waals surface area contributed by atoms with Crippen LogP contribution < -0.4 is 5.73 Å². The molecule has 0 aromatic heterocycles. The quantitative estimate of drug-likeness (QED) is 0.563. The number of carboxylic acids is 1. The molecule has 0 fully saturated rings. The fourth-order valence-electron chi connectivity index (χ4n) is 1.22. The van der Waals surface area contributed by atoms with Crippen molar-refractivity contribution in [1.29, 1.82) is 0 Å². The average Bonchev–Trinajstić information content (AvgIpc) is 2.16. The van der Waals surface area contributed by atoms with E-state index >= 15 is 0 Å². The maximum atomic E-state index is 10.7. The second-order valence-electron chi connectivity index (χ2n) is 3.06. The zero-order chi connectivity index (χ0) is 12.3. The number of benzene rings is 1. The number of nitro benzene ring substituents is 1. The summed E-state index contributed by atoms with van der Waals surface area (Å²) in [5, 5.41) is 19.3. The Morgan fingerprint density at radius 3 is 2.50 bits per heavy atom. The highest BCUT2D eigenvalue weighted by molar-refractivity contribution is 5.93. The number of aromatic carboxylic acids is 1. The molecule has 7 nitrogen and oxygen atoms in total. The van der Waals surface area contributed by atoms with Gasteiger partial charge in [-0.15, -0.1) is 0 Å². The fourth-order valence-corrected chi connectivity index (χ4v) is 1.22. The lowest BCUT2D eigenvalue weighted by atomic mass is 10.1. The van der Waals surface area contributed by atoms with E-state index in [1.165, 1.54) is 6.07 Å². The standard InChI is InChI=1S/C9H8N2O5/c10-8(12)4-5-1-2-7(11(15)16)6(3-5)9(13)14/h1-3H,4H2,(H2,10,12)(H,13,14). The van der Waals surface area contributed by atoms with Crippen LogP contribution in [0.2, 0.25) is 0 Å². The van der Waals surface area contributed by atoms with Crippen LogP contribution in [0, 0.1) is 10.1 Å². The van der Waals surface area contributed by atoms with Crippen molar-refractivity contribution < 1.29 is 19.6 Å². The van der Waals surface area contributed by atoms with Crippen molar-refractivity contribution in [2.24, 2.45) is 5.73 Å². The SMILES string of the molecule is NC(=O)Cc1ccc([N+](=O)[O-])c(C(=O)O)c1. The Hall–Kier alpha value is -2.44. The van der Waals surface area contributed by atoms with Crippen molar-refractivity contribution in [2.45, 2.75) is 6.42 Å². The fraction of sp³-hybridized carbons (Fsp3) is 0.111. The minimum Gasteiger partial charge on any atom is -0.477 e. The van der Waals surface area contributed by atoms with Crippen LogP contribution in [0.25, 0.3) is 0 Å². The second-order valence-corrected chi connectivity index (χ2v) is 3.06. The smallest absolute Gasteiger partial charge is 0.342 e. The number of carboxylic acid groups (broad SMARTS) is 1. The van der Waals surface area contributed by atoms with Crippen LogP contribution in [0.1, 0.15) is 15.9 Å². The van der Waals surface area contributed by atoms with Crippen molar-refractivity contribution in [1.82, 2.24) is 0 Å². The Morgan fingerprint density at radius 1 is 1.44 bits per heavy atom. The molecule has 1 rings (SSSR count). The van der Waals surface area contributed by atoms with Gasteiger partial charge in [0, 0.05) is 6.07 Å². The van der Waals surface area contributed by atoms with E-state index in [4.69, 9.17) is 10.8 Å². The summed E-state index contributed by atoms with van der Waals surface area (Å²) in [6.45, 7) is 0. The van der Waals surface area contributed by atoms with Crippen LogP contribution >= 0.6 is 0 Å². The number of hydrogen-bond donors (Lipinski definition) is 2. The van der Waals surface area contributed by atoms with Crippen LogP contribution in [-0.2, 0) is 11.2 Å². The van der Waals surface area contributed by atoms with Gasteiger partial charge in [-0.25, -0.2) is 4.79 Å². The predicted molar refractivity (Wildman–Crippen MR) is 53.0 cm³/mol. The topological polar surface area (TPSA) is 124 Å². The first-order valence-corrected chi connectivity index (χ1v) is 4.20. The number of rotatable bonds is 4. The molecule has 1 amide bonds. The molecule has 0 heterocycles. The summed E-state index contributed by atoms with van der Waals surface area (Å²) < 4.78 is 0. The van der Waals surface area contributed by atoms with Crippen molar-refractivity contribution in [3.63, 3.8) is 0 Å². The highest BCUT2D eigenvalue weighted by Crippen LogP contribution is 2.20. The van der Waals surface area contributed by atoms with E-state index in [9.17, 15) is 19.7 Å². The van der Waals surface area contributed by atoms with Gasteiger partial charge in [0.25, 0.3) is 5.69 Å². The normalized spacial score (nSPS) is 9.75. The number of nitro groups is 1. The lowest BCUT2D eigenvalue weighted by Crippen LogP contribution is -2.14. The molecule has 0 aliphatic rings. The van der Waals surface area contributed by atoms with E-state index in [1.54, 1.807) is 0 Å². The number of amides is 1. The van der Waals surface area contributed by atoms with Crippen LogP contribution in [-0.4, -0.2) is 21.9 Å². The van der Waals surface area contributed by atoms with Crippen molar-refractivity contribution in [2.75, 3.05) is 0 Å². The van der Waals surface area contributed by atoms with Crippen LogP contribution in [0.5, 0.6) is 0 Å². The number of carbonyl (C=O) groups excluding carboxylic acids is 1. The third kappa shape index (κ3) is 2.53. The van der Waals surface area contributed by atoms with Crippen molar-refractivity contribution >= 4 is 17.6 Å². The van der Waals surface area contributed by atoms with Gasteiger partial charge in [0.1, 0.15) is 5.56 Å². The van der Waals surface area contributed by atoms with E-state index in [0.29, 0.717) is 5.56 Å². The molecule has 0 saturated heterocycles. The summed E-state index contributed by atoms with van der Waals surface area (Å²) in [6.07, 6.45) is -0.154. The van der Waals surface area contributed by atoms with Crippen LogP contribution in [0.3, 0.4) is 0 Å². The summed E-state index contributed by atoms with van der Waals surface area (Å²) in [4.78, 5) is 31.1. The first-order valence-electron chi connectivity index (χ1n) is 4.20. The zero-order valence-electron chi connectivity index (χ0n) is 8.04. The van der Waals surface area contributed by atoms with Crippen molar-refractivity contribution in [3.05, 3.63) is 39.4 Å². The average molecular weight is 224 g/mol. The minimum atomic E-state index is -1.42. The largest absolute Gasteiger partial charge is 0.477 e. The van der Waals surface area contributed by atoms with Crippen LogP contribution in [0.15, 0.2) is 18.2 Å². The number of primary amides is 1. The molecule has 0 aliphatic heterocycles. The molecular formula is C9H8N2O5. The molecule has 0 saturated carbocycles. The summed E-state index contributed by atoms with van der Waals surface area (Å²) in [5.74, 6) is -2.05. The molecule has 7 heteroatoms. The van der Waals surface area contributed by atoms with Gasteiger partial charge in [-0.1, -0.05) is 6.07 Å². The summed E-state index contributed by atoms with van der Waals surface area (Å²) in [6, 6.07) is 3.42. The number of nitrogens with two attached hydrogens (primary N) is 1. The van der Waals surface area contributed by atoms with E-state index in [2.05, 4.69) is 0 Å². The molecule has 0 radical (unpaired) electrons. The zero-order valence-corrected chi connectivity index (χ0v) is 8.04. The molecule has 3 N–H and O–H groups in total. The highest BCUT2D eigenvalue weighted by Gasteiger charge is 2.20. The molecule has 1 aromatic rings. The second kappa shape index (κ2) is 4.39.